The van der Waals surface area contributed by atoms with Crippen molar-refractivity contribution in [2.75, 3.05) is 5.32 Å². The van der Waals surface area contributed by atoms with Gasteiger partial charge in [-0.05, 0) is 29.8 Å². The predicted octanol–water partition coefficient (Wildman–Crippen LogP) is 3.90. The molecule has 19 heavy (non-hydrogen) atoms. The summed E-state index contributed by atoms with van der Waals surface area (Å²) in [5.74, 6) is -2.01. The van der Waals surface area contributed by atoms with Gasteiger partial charge in [0.2, 0.25) is 0 Å². The molecule has 5 heteroatoms. The van der Waals surface area contributed by atoms with Crippen molar-refractivity contribution < 1.29 is 14.3 Å². The Balaban J connectivity index is 2.14. The minimum absolute atomic E-state index is 0.336. The average molecular weight is 324 g/mol. The molecular weight excluding hydrogens is 313 g/mol. The molecule has 0 unspecified atom stereocenters. The van der Waals surface area contributed by atoms with Crippen molar-refractivity contribution in [2.45, 2.75) is 6.54 Å². The van der Waals surface area contributed by atoms with E-state index in [1.54, 1.807) is 0 Å². The summed E-state index contributed by atoms with van der Waals surface area (Å²) in [6.45, 7) is 0.520. The first-order valence-corrected chi connectivity index (χ1v) is 6.37. The molecule has 0 fully saturated rings. The van der Waals surface area contributed by atoms with Crippen LogP contribution in [0.4, 0.5) is 10.1 Å². The Bertz CT molecular complexity index is 616. The van der Waals surface area contributed by atoms with Gasteiger partial charge in [0.05, 0.1) is 5.56 Å². The van der Waals surface area contributed by atoms with Crippen molar-refractivity contribution in [2.24, 2.45) is 0 Å². The summed E-state index contributed by atoms with van der Waals surface area (Å²) in [4.78, 5) is 10.8. The van der Waals surface area contributed by atoms with E-state index in [4.69, 9.17) is 5.11 Å². The van der Waals surface area contributed by atoms with Crippen molar-refractivity contribution in [3.8, 4) is 0 Å². The van der Waals surface area contributed by atoms with Gasteiger partial charge in [0.1, 0.15) is 5.82 Å². The molecule has 0 amide bonds. The Hall–Kier alpha value is -1.88. The largest absolute Gasteiger partial charge is 0.478 e. The van der Waals surface area contributed by atoms with Gasteiger partial charge in [-0.1, -0.05) is 34.1 Å². The standard InChI is InChI=1S/C14H11BrFNO2/c15-12-4-2-1-3-9(12)8-17-10-5-6-13(16)11(7-10)14(18)19/h1-7,17H,8H2,(H,18,19). The first-order chi connectivity index (χ1) is 9.08. The summed E-state index contributed by atoms with van der Waals surface area (Å²) < 4.78 is 14.2. The fraction of sp³-hybridized carbons (Fsp3) is 0.0714. The minimum Gasteiger partial charge on any atom is -0.478 e. The third-order valence-corrected chi connectivity index (χ3v) is 3.41. The molecule has 0 aliphatic heterocycles. The molecule has 2 rings (SSSR count). The number of nitrogens with one attached hydrogen (secondary N) is 1. The fourth-order valence-electron chi connectivity index (χ4n) is 1.64. The highest BCUT2D eigenvalue weighted by atomic mass is 79.9. The lowest BCUT2D eigenvalue weighted by Gasteiger charge is -2.09. The van der Waals surface area contributed by atoms with Gasteiger partial charge in [-0.2, -0.15) is 0 Å². The van der Waals surface area contributed by atoms with E-state index in [2.05, 4.69) is 21.2 Å². The summed E-state index contributed by atoms with van der Waals surface area (Å²) in [7, 11) is 0. The molecule has 2 aromatic carbocycles. The van der Waals surface area contributed by atoms with Gasteiger partial charge in [-0.15, -0.1) is 0 Å². The SMILES string of the molecule is O=C(O)c1cc(NCc2ccccc2Br)ccc1F. The Morgan fingerprint density at radius 3 is 2.68 bits per heavy atom. The zero-order chi connectivity index (χ0) is 13.8. The highest BCUT2D eigenvalue weighted by Gasteiger charge is 2.10. The van der Waals surface area contributed by atoms with E-state index in [0.29, 0.717) is 12.2 Å². The van der Waals surface area contributed by atoms with Crippen LogP contribution < -0.4 is 5.32 Å². The van der Waals surface area contributed by atoms with Gasteiger partial charge in [-0.25, -0.2) is 9.18 Å². The van der Waals surface area contributed by atoms with Crippen LogP contribution in [0, 0.1) is 5.82 Å². The average Bonchev–Trinajstić information content (AvgIpc) is 2.39. The normalized spacial score (nSPS) is 10.2. The van der Waals surface area contributed by atoms with Crippen molar-refractivity contribution >= 4 is 27.6 Å². The summed E-state index contributed by atoms with van der Waals surface area (Å²) in [5.41, 5.74) is 1.26. The fourth-order valence-corrected chi connectivity index (χ4v) is 2.06. The molecule has 0 atom stereocenters. The summed E-state index contributed by atoms with van der Waals surface area (Å²) in [6.07, 6.45) is 0. The summed E-state index contributed by atoms with van der Waals surface area (Å²) >= 11 is 3.43. The van der Waals surface area contributed by atoms with Crippen LogP contribution in [-0.4, -0.2) is 11.1 Å². The highest BCUT2D eigenvalue weighted by molar-refractivity contribution is 9.10. The second-order valence-electron chi connectivity index (χ2n) is 3.94. The van der Waals surface area contributed by atoms with Gasteiger partial charge in [0.15, 0.2) is 0 Å². The second-order valence-corrected chi connectivity index (χ2v) is 4.80. The molecule has 0 saturated heterocycles. The van der Waals surface area contributed by atoms with E-state index < -0.39 is 11.8 Å². The van der Waals surface area contributed by atoms with Crippen molar-refractivity contribution in [1.82, 2.24) is 0 Å². The molecule has 0 saturated carbocycles. The van der Waals surface area contributed by atoms with Gasteiger partial charge in [0, 0.05) is 16.7 Å². The Morgan fingerprint density at radius 2 is 2.00 bits per heavy atom. The minimum atomic E-state index is -1.28. The van der Waals surface area contributed by atoms with E-state index in [0.717, 1.165) is 16.1 Å². The number of carboxylic acid groups (broad SMARTS) is 1. The van der Waals surface area contributed by atoms with E-state index in [1.165, 1.54) is 12.1 Å². The molecule has 0 aliphatic rings. The zero-order valence-electron chi connectivity index (χ0n) is 9.86. The van der Waals surface area contributed by atoms with Crippen molar-refractivity contribution in [3.05, 3.63) is 63.9 Å². The third-order valence-electron chi connectivity index (χ3n) is 2.64. The number of hydrogen-bond acceptors (Lipinski definition) is 2. The lowest BCUT2D eigenvalue weighted by molar-refractivity contribution is 0.0692. The monoisotopic (exact) mass is 323 g/mol. The number of halogens is 2. The van der Waals surface area contributed by atoms with E-state index >= 15 is 0 Å². The Labute approximate surface area is 118 Å². The molecule has 0 aromatic heterocycles. The molecule has 0 heterocycles. The van der Waals surface area contributed by atoms with Gasteiger partial charge in [0.25, 0.3) is 0 Å². The Kier molecular flexibility index (Phi) is 4.16. The topological polar surface area (TPSA) is 49.3 Å². The zero-order valence-corrected chi connectivity index (χ0v) is 11.4. The van der Waals surface area contributed by atoms with E-state index in [1.807, 2.05) is 24.3 Å². The molecule has 0 spiro atoms. The van der Waals surface area contributed by atoms with Crippen LogP contribution in [-0.2, 0) is 6.54 Å². The molecule has 3 nitrogen and oxygen atoms in total. The van der Waals surface area contributed by atoms with Crippen LogP contribution in [0.15, 0.2) is 46.9 Å². The smallest absolute Gasteiger partial charge is 0.338 e. The molecular formula is C14H11BrFNO2. The summed E-state index contributed by atoms with van der Waals surface area (Å²) in [6, 6.07) is 11.6. The lowest BCUT2D eigenvalue weighted by atomic mass is 10.1. The first kappa shape index (κ1) is 13.5. The van der Waals surface area contributed by atoms with E-state index in [-0.39, 0.29) is 5.56 Å². The van der Waals surface area contributed by atoms with Crippen molar-refractivity contribution in [3.63, 3.8) is 0 Å². The number of benzene rings is 2. The van der Waals surface area contributed by atoms with Crippen LogP contribution in [0.5, 0.6) is 0 Å². The lowest BCUT2D eigenvalue weighted by Crippen LogP contribution is -2.04. The van der Waals surface area contributed by atoms with Crippen LogP contribution in [0.1, 0.15) is 15.9 Å². The molecule has 2 aromatic rings. The molecule has 0 aliphatic carbocycles. The second kappa shape index (κ2) is 5.84. The highest BCUT2D eigenvalue weighted by Crippen LogP contribution is 2.19. The van der Waals surface area contributed by atoms with Crippen LogP contribution in [0.2, 0.25) is 0 Å². The predicted molar refractivity (Wildman–Crippen MR) is 74.8 cm³/mol. The van der Waals surface area contributed by atoms with Crippen LogP contribution >= 0.6 is 15.9 Å². The maximum Gasteiger partial charge on any atom is 0.338 e. The maximum absolute atomic E-state index is 13.2. The number of carboxylic acids is 1. The molecule has 0 radical (unpaired) electrons. The molecule has 0 bridgehead atoms. The van der Waals surface area contributed by atoms with Gasteiger partial charge < -0.3 is 10.4 Å². The molecule has 2 N–H and O–H groups in total. The number of anilines is 1. The number of hydrogen-bond donors (Lipinski definition) is 2. The number of rotatable bonds is 4. The number of aromatic carboxylic acids is 1. The van der Waals surface area contributed by atoms with Crippen LogP contribution in [0.3, 0.4) is 0 Å². The first-order valence-electron chi connectivity index (χ1n) is 5.58. The Morgan fingerprint density at radius 1 is 1.26 bits per heavy atom. The quantitative estimate of drug-likeness (QED) is 0.897. The van der Waals surface area contributed by atoms with Crippen LogP contribution in [0.25, 0.3) is 0 Å². The van der Waals surface area contributed by atoms with Crippen molar-refractivity contribution in [1.29, 1.82) is 0 Å². The maximum atomic E-state index is 13.2. The summed E-state index contributed by atoms with van der Waals surface area (Å²) in [5, 5.41) is 11.9. The molecule has 98 valence electrons. The van der Waals surface area contributed by atoms with Gasteiger partial charge >= 0.3 is 5.97 Å². The number of carbonyl (C=O) groups is 1. The van der Waals surface area contributed by atoms with Gasteiger partial charge in [-0.3, -0.25) is 0 Å². The third kappa shape index (κ3) is 3.32. The van der Waals surface area contributed by atoms with E-state index in [9.17, 15) is 9.18 Å².